The smallest absolute Gasteiger partial charge is 0.230 e. The van der Waals surface area contributed by atoms with Crippen LogP contribution >= 0.6 is 22.9 Å². The molecule has 1 aromatic heterocycles. The van der Waals surface area contributed by atoms with E-state index in [0.29, 0.717) is 10.2 Å². The number of para-hydroxylation sites is 1. The quantitative estimate of drug-likeness (QED) is 0.896. The highest BCUT2D eigenvalue weighted by Crippen LogP contribution is 2.30. The fourth-order valence-electron chi connectivity index (χ4n) is 2.25. The van der Waals surface area contributed by atoms with Gasteiger partial charge in [0.15, 0.2) is 5.13 Å². The monoisotopic (exact) mass is 295 g/mol. The lowest BCUT2D eigenvalue weighted by atomic mass is 9.99. The van der Waals surface area contributed by atoms with E-state index in [4.69, 9.17) is 11.6 Å². The Morgan fingerprint density at radius 1 is 1.53 bits per heavy atom. The number of amides is 1. The Bertz CT molecular complexity index is 607. The number of nitrogens with one attached hydrogen (secondary N) is 2. The van der Waals surface area contributed by atoms with Gasteiger partial charge in [-0.2, -0.15) is 0 Å². The maximum atomic E-state index is 12.1. The summed E-state index contributed by atoms with van der Waals surface area (Å²) in [7, 11) is 0. The molecule has 19 heavy (non-hydrogen) atoms. The van der Waals surface area contributed by atoms with Crippen molar-refractivity contribution in [1.29, 1.82) is 0 Å². The fraction of sp³-hybridized carbons (Fsp3) is 0.385. The lowest BCUT2D eigenvalue weighted by molar-refractivity contribution is -0.120. The molecule has 2 N–H and O–H groups in total. The molecule has 0 saturated carbocycles. The van der Waals surface area contributed by atoms with Gasteiger partial charge < -0.3 is 10.6 Å². The molecule has 1 aliphatic rings. The van der Waals surface area contributed by atoms with Gasteiger partial charge in [0.1, 0.15) is 5.52 Å². The summed E-state index contributed by atoms with van der Waals surface area (Å²) in [4.78, 5) is 16.5. The van der Waals surface area contributed by atoms with Gasteiger partial charge in [0.2, 0.25) is 5.91 Å². The van der Waals surface area contributed by atoms with Crippen molar-refractivity contribution in [3.8, 4) is 0 Å². The summed E-state index contributed by atoms with van der Waals surface area (Å²) in [6, 6.07) is 5.65. The topological polar surface area (TPSA) is 54.0 Å². The Hall–Kier alpha value is -1.17. The number of thiazole rings is 1. The molecule has 1 atom stereocenters. The molecular weight excluding hydrogens is 282 g/mol. The van der Waals surface area contributed by atoms with Crippen LogP contribution in [0.2, 0.25) is 5.02 Å². The second-order valence-corrected chi connectivity index (χ2v) is 6.08. The summed E-state index contributed by atoms with van der Waals surface area (Å²) in [5.41, 5.74) is 0.756. The second-order valence-electron chi connectivity index (χ2n) is 4.64. The SMILES string of the molecule is O=C(Nc1nc2c(Cl)cccc2s1)C1CCCNC1. The number of piperidine rings is 1. The van der Waals surface area contributed by atoms with Crippen molar-refractivity contribution < 1.29 is 4.79 Å². The van der Waals surface area contributed by atoms with Crippen LogP contribution in [0.1, 0.15) is 12.8 Å². The molecule has 2 heterocycles. The van der Waals surface area contributed by atoms with E-state index < -0.39 is 0 Å². The van der Waals surface area contributed by atoms with Crippen LogP contribution in [-0.4, -0.2) is 24.0 Å². The van der Waals surface area contributed by atoms with Crippen molar-refractivity contribution in [3.05, 3.63) is 23.2 Å². The van der Waals surface area contributed by atoms with Crippen molar-refractivity contribution in [2.45, 2.75) is 12.8 Å². The minimum atomic E-state index is 0.0382. The molecule has 1 unspecified atom stereocenters. The van der Waals surface area contributed by atoms with E-state index in [9.17, 15) is 4.79 Å². The first-order chi connectivity index (χ1) is 9.24. The van der Waals surface area contributed by atoms with Crippen LogP contribution in [0.4, 0.5) is 5.13 Å². The minimum Gasteiger partial charge on any atom is -0.316 e. The summed E-state index contributed by atoms with van der Waals surface area (Å²) in [6.45, 7) is 1.75. The largest absolute Gasteiger partial charge is 0.316 e. The summed E-state index contributed by atoms with van der Waals surface area (Å²) in [6.07, 6.45) is 1.98. The van der Waals surface area contributed by atoms with Crippen LogP contribution in [0.25, 0.3) is 10.2 Å². The van der Waals surface area contributed by atoms with E-state index >= 15 is 0 Å². The molecule has 1 fully saturated rings. The lowest BCUT2D eigenvalue weighted by Crippen LogP contribution is -2.37. The van der Waals surface area contributed by atoms with Gasteiger partial charge in [0, 0.05) is 6.54 Å². The van der Waals surface area contributed by atoms with Crippen molar-refractivity contribution in [1.82, 2.24) is 10.3 Å². The van der Waals surface area contributed by atoms with E-state index in [1.54, 1.807) is 6.07 Å². The summed E-state index contributed by atoms with van der Waals surface area (Å²) in [5.74, 6) is 0.0820. The highest BCUT2D eigenvalue weighted by atomic mass is 35.5. The van der Waals surface area contributed by atoms with Crippen molar-refractivity contribution >= 4 is 44.2 Å². The molecule has 6 heteroatoms. The third-order valence-corrected chi connectivity index (χ3v) is 4.51. The molecule has 4 nitrogen and oxygen atoms in total. The van der Waals surface area contributed by atoms with Gasteiger partial charge in [-0.25, -0.2) is 4.98 Å². The number of rotatable bonds is 2. The first-order valence-corrected chi connectivity index (χ1v) is 7.50. The second kappa shape index (κ2) is 5.45. The fourth-order valence-corrected chi connectivity index (χ4v) is 3.42. The lowest BCUT2D eigenvalue weighted by Gasteiger charge is -2.21. The van der Waals surface area contributed by atoms with E-state index in [1.165, 1.54) is 11.3 Å². The average molecular weight is 296 g/mol. The Morgan fingerprint density at radius 2 is 2.42 bits per heavy atom. The van der Waals surface area contributed by atoms with Gasteiger partial charge in [-0.3, -0.25) is 4.79 Å². The van der Waals surface area contributed by atoms with Crippen molar-refractivity contribution in [2.24, 2.45) is 5.92 Å². The highest BCUT2D eigenvalue weighted by Gasteiger charge is 2.21. The maximum absolute atomic E-state index is 12.1. The van der Waals surface area contributed by atoms with Crippen molar-refractivity contribution in [2.75, 3.05) is 18.4 Å². The Balaban J connectivity index is 1.77. The molecule has 100 valence electrons. The number of aromatic nitrogens is 1. The molecule has 1 amide bonds. The first-order valence-electron chi connectivity index (χ1n) is 6.30. The van der Waals surface area contributed by atoms with Gasteiger partial charge >= 0.3 is 0 Å². The molecular formula is C13H14ClN3OS. The number of halogens is 1. The average Bonchev–Trinajstić information content (AvgIpc) is 2.84. The first kappa shape index (κ1) is 12.8. The normalized spacial score (nSPS) is 19.5. The van der Waals surface area contributed by atoms with Crippen LogP contribution in [0.15, 0.2) is 18.2 Å². The molecule has 1 aromatic carbocycles. The predicted octanol–water partition coefficient (Wildman–Crippen LogP) is 2.89. The Labute approximate surface area is 120 Å². The Morgan fingerprint density at radius 3 is 3.16 bits per heavy atom. The third-order valence-electron chi connectivity index (χ3n) is 3.27. The number of benzene rings is 1. The number of hydrogen-bond acceptors (Lipinski definition) is 4. The van der Waals surface area contributed by atoms with E-state index in [1.807, 2.05) is 12.1 Å². The summed E-state index contributed by atoms with van der Waals surface area (Å²) < 4.78 is 0.990. The maximum Gasteiger partial charge on any atom is 0.230 e. The highest BCUT2D eigenvalue weighted by molar-refractivity contribution is 7.22. The van der Waals surface area contributed by atoms with Gasteiger partial charge in [0.25, 0.3) is 0 Å². The number of nitrogens with zero attached hydrogens (tertiary/aromatic N) is 1. The third kappa shape index (κ3) is 2.73. The molecule has 0 radical (unpaired) electrons. The molecule has 0 bridgehead atoms. The number of hydrogen-bond donors (Lipinski definition) is 2. The van der Waals surface area contributed by atoms with Crippen LogP contribution in [0, 0.1) is 5.92 Å². The molecule has 0 aliphatic carbocycles. The molecule has 2 aromatic rings. The van der Waals surface area contributed by atoms with Crippen LogP contribution < -0.4 is 10.6 Å². The number of fused-ring (bicyclic) bond motifs is 1. The molecule has 1 aliphatic heterocycles. The van der Waals surface area contributed by atoms with E-state index in [-0.39, 0.29) is 11.8 Å². The molecule has 3 rings (SSSR count). The zero-order chi connectivity index (χ0) is 13.2. The van der Waals surface area contributed by atoms with E-state index in [2.05, 4.69) is 15.6 Å². The summed E-state index contributed by atoms with van der Waals surface area (Å²) in [5, 5.41) is 7.38. The van der Waals surface area contributed by atoms with Crippen molar-refractivity contribution in [3.63, 3.8) is 0 Å². The minimum absolute atomic E-state index is 0.0382. The number of anilines is 1. The van der Waals surface area contributed by atoms with E-state index in [0.717, 1.165) is 36.1 Å². The zero-order valence-corrected chi connectivity index (χ0v) is 11.9. The van der Waals surface area contributed by atoms with Gasteiger partial charge in [-0.15, -0.1) is 0 Å². The Kier molecular flexibility index (Phi) is 3.68. The van der Waals surface area contributed by atoms with Gasteiger partial charge in [-0.05, 0) is 31.5 Å². The van der Waals surface area contributed by atoms with Crippen LogP contribution in [0.5, 0.6) is 0 Å². The standard InChI is InChI=1S/C13H14ClN3OS/c14-9-4-1-5-10-11(9)16-13(19-10)17-12(18)8-3-2-6-15-7-8/h1,4-5,8,15H,2-3,6-7H2,(H,16,17,18). The van der Waals surface area contributed by atoms with Crippen LogP contribution in [-0.2, 0) is 4.79 Å². The number of carbonyl (C=O) groups excluding carboxylic acids is 1. The number of carbonyl (C=O) groups is 1. The predicted molar refractivity (Wildman–Crippen MR) is 78.9 cm³/mol. The van der Waals surface area contributed by atoms with Crippen LogP contribution in [0.3, 0.4) is 0 Å². The zero-order valence-electron chi connectivity index (χ0n) is 10.3. The molecule has 1 saturated heterocycles. The summed E-state index contributed by atoms with van der Waals surface area (Å²) >= 11 is 7.53. The van der Waals surface area contributed by atoms with Gasteiger partial charge in [-0.1, -0.05) is 29.0 Å². The molecule has 0 spiro atoms. The van der Waals surface area contributed by atoms with Gasteiger partial charge in [0.05, 0.1) is 15.6 Å².